The molecule has 1 spiro atoms. The molecule has 1 aliphatic heterocycles. The molecule has 3 aliphatic rings. The number of cyclic esters (lactones) is 1. The second kappa shape index (κ2) is 5.05. The lowest BCUT2D eigenvalue weighted by molar-refractivity contribution is 0.172. The number of nitrogens with one attached hydrogen (secondary N) is 1. The van der Waals surface area contributed by atoms with Gasteiger partial charge in [0.1, 0.15) is 6.61 Å². The van der Waals surface area contributed by atoms with Gasteiger partial charge in [0, 0.05) is 5.92 Å². The number of hydrogen-bond acceptors (Lipinski definition) is 2. The minimum atomic E-state index is -0.258. The van der Waals surface area contributed by atoms with E-state index >= 15 is 0 Å². The van der Waals surface area contributed by atoms with Crippen LogP contribution in [0, 0.1) is 18.3 Å². The van der Waals surface area contributed by atoms with E-state index in [9.17, 15) is 4.79 Å². The van der Waals surface area contributed by atoms with E-state index in [1.807, 2.05) is 0 Å². The number of fused-ring (bicyclic) bond motifs is 1. The summed E-state index contributed by atoms with van der Waals surface area (Å²) in [5.41, 5.74) is 4.18. The Morgan fingerprint density at radius 1 is 1.32 bits per heavy atom. The van der Waals surface area contributed by atoms with E-state index in [0.717, 1.165) is 38.5 Å². The predicted molar refractivity (Wildman–Crippen MR) is 84.6 cm³/mol. The molecule has 0 bridgehead atoms. The van der Waals surface area contributed by atoms with Gasteiger partial charge < -0.3 is 10.1 Å². The highest BCUT2D eigenvalue weighted by Crippen LogP contribution is 2.43. The van der Waals surface area contributed by atoms with Gasteiger partial charge in [0.25, 0.3) is 0 Å². The van der Waals surface area contributed by atoms with Crippen LogP contribution in [-0.4, -0.2) is 18.2 Å². The Hall–Kier alpha value is -1.95. The Kier molecular flexibility index (Phi) is 3.14. The van der Waals surface area contributed by atoms with E-state index in [4.69, 9.17) is 11.2 Å². The standard InChI is InChI=1S/C19H21NO2/c1-2-13-3-4-15-10-16(6-5-14(15)9-13)17-7-8-19(11-17)12-22-18(21)20-19/h1,5-6,10,13,17H,3-4,7-9,11-12H2,(H,20,21)/t13-,17-,19+/m0/s1. The monoisotopic (exact) mass is 295 g/mol. The fraction of sp³-hybridized carbons (Fsp3) is 0.526. The molecule has 0 unspecified atom stereocenters. The Balaban J connectivity index is 1.53. The summed E-state index contributed by atoms with van der Waals surface area (Å²) in [5, 5.41) is 3.02. The molecule has 2 fully saturated rings. The summed E-state index contributed by atoms with van der Waals surface area (Å²) >= 11 is 0. The van der Waals surface area contributed by atoms with E-state index in [-0.39, 0.29) is 11.6 Å². The number of carbonyl (C=O) groups is 1. The van der Waals surface area contributed by atoms with Crippen molar-refractivity contribution in [3.05, 3.63) is 34.9 Å². The minimum Gasteiger partial charge on any atom is -0.447 e. The summed E-state index contributed by atoms with van der Waals surface area (Å²) in [4.78, 5) is 11.3. The molecular formula is C19H21NO2. The van der Waals surface area contributed by atoms with Crippen molar-refractivity contribution in [2.75, 3.05) is 6.61 Å². The van der Waals surface area contributed by atoms with Gasteiger partial charge in [-0.15, -0.1) is 12.3 Å². The van der Waals surface area contributed by atoms with Crippen LogP contribution in [0.2, 0.25) is 0 Å². The predicted octanol–water partition coefficient (Wildman–Crippen LogP) is 3.17. The summed E-state index contributed by atoms with van der Waals surface area (Å²) < 4.78 is 5.12. The normalized spacial score (nSPS) is 33.1. The van der Waals surface area contributed by atoms with Gasteiger partial charge in [-0.3, -0.25) is 0 Å². The fourth-order valence-electron chi connectivity index (χ4n) is 4.32. The van der Waals surface area contributed by atoms with Crippen molar-refractivity contribution < 1.29 is 9.53 Å². The molecule has 3 nitrogen and oxygen atoms in total. The number of aryl methyl sites for hydroxylation is 1. The maximum absolute atomic E-state index is 11.3. The number of rotatable bonds is 1. The van der Waals surface area contributed by atoms with Crippen LogP contribution in [0.4, 0.5) is 4.79 Å². The maximum atomic E-state index is 11.3. The number of carbonyl (C=O) groups excluding carboxylic acids is 1. The Morgan fingerprint density at radius 3 is 3.00 bits per heavy atom. The van der Waals surface area contributed by atoms with Gasteiger partial charge in [-0.2, -0.15) is 0 Å². The highest BCUT2D eigenvalue weighted by molar-refractivity contribution is 5.70. The zero-order chi connectivity index (χ0) is 15.2. The van der Waals surface area contributed by atoms with Crippen molar-refractivity contribution in [1.29, 1.82) is 0 Å². The van der Waals surface area contributed by atoms with E-state index in [1.54, 1.807) is 0 Å². The molecule has 0 aromatic heterocycles. The molecule has 22 heavy (non-hydrogen) atoms. The van der Waals surface area contributed by atoms with Crippen LogP contribution in [0.15, 0.2) is 18.2 Å². The molecule has 2 aliphatic carbocycles. The molecule has 4 rings (SSSR count). The number of terminal acetylenes is 1. The molecule has 3 heteroatoms. The molecule has 1 aromatic carbocycles. The molecule has 1 saturated heterocycles. The van der Waals surface area contributed by atoms with E-state index < -0.39 is 0 Å². The first kappa shape index (κ1) is 13.7. The second-order valence-electron chi connectivity index (χ2n) is 7.06. The smallest absolute Gasteiger partial charge is 0.407 e. The van der Waals surface area contributed by atoms with Crippen LogP contribution in [0.25, 0.3) is 0 Å². The lowest BCUT2D eigenvalue weighted by atomic mass is 9.82. The highest BCUT2D eigenvalue weighted by atomic mass is 16.6. The molecule has 3 atom stereocenters. The van der Waals surface area contributed by atoms with Gasteiger partial charge in [0.05, 0.1) is 5.54 Å². The highest BCUT2D eigenvalue weighted by Gasteiger charge is 2.46. The number of ether oxygens (including phenoxy) is 1. The summed E-state index contributed by atoms with van der Waals surface area (Å²) in [6, 6.07) is 6.91. The first-order valence-electron chi connectivity index (χ1n) is 8.20. The summed E-state index contributed by atoms with van der Waals surface area (Å²) in [5.74, 6) is 3.82. The van der Waals surface area contributed by atoms with E-state index in [0.29, 0.717) is 18.4 Å². The molecule has 1 saturated carbocycles. The van der Waals surface area contributed by atoms with Crippen LogP contribution in [0.3, 0.4) is 0 Å². The average Bonchev–Trinajstić information content (AvgIpc) is 3.13. The van der Waals surface area contributed by atoms with Crippen LogP contribution < -0.4 is 5.32 Å². The van der Waals surface area contributed by atoms with Gasteiger partial charge in [0.2, 0.25) is 0 Å². The molecule has 1 amide bonds. The number of hydrogen-bond donors (Lipinski definition) is 1. The third kappa shape index (κ3) is 2.27. The van der Waals surface area contributed by atoms with Crippen molar-refractivity contribution in [3.63, 3.8) is 0 Å². The van der Waals surface area contributed by atoms with Crippen molar-refractivity contribution >= 4 is 6.09 Å². The Bertz CT molecular complexity index is 660. The lowest BCUT2D eigenvalue weighted by Crippen LogP contribution is -2.40. The van der Waals surface area contributed by atoms with Gasteiger partial charge in [-0.05, 0) is 61.1 Å². The summed E-state index contributed by atoms with van der Waals surface area (Å²) in [7, 11) is 0. The molecule has 1 heterocycles. The Labute approximate surface area is 131 Å². The number of amides is 1. The second-order valence-corrected chi connectivity index (χ2v) is 7.06. The van der Waals surface area contributed by atoms with E-state index in [1.165, 1.54) is 16.7 Å². The molecule has 0 radical (unpaired) electrons. The third-order valence-corrected chi connectivity index (χ3v) is 5.62. The topological polar surface area (TPSA) is 38.3 Å². The van der Waals surface area contributed by atoms with Crippen LogP contribution in [-0.2, 0) is 17.6 Å². The van der Waals surface area contributed by atoms with Gasteiger partial charge >= 0.3 is 6.09 Å². The summed E-state index contributed by atoms with van der Waals surface area (Å²) in [6.07, 6.45) is 11.7. The number of alkyl carbamates (subject to hydrolysis) is 1. The SMILES string of the molecule is C#C[C@H]1CCc2cc([C@H]3CC[C@]4(COC(=O)N4)C3)ccc2C1. The molecule has 1 N–H and O–H groups in total. The van der Waals surface area contributed by atoms with Crippen molar-refractivity contribution in [3.8, 4) is 12.3 Å². The van der Waals surface area contributed by atoms with Crippen molar-refractivity contribution in [2.24, 2.45) is 5.92 Å². The quantitative estimate of drug-likeness (QED) is 0.808. The summed E-state index contributed by atoms with van der Waals surface area (Å²) in [6.45, 7) is 0.525. The fourth-order valence-corrected chi connectivity index (χ4v) is 4.32. The van der Waals surface area contributed by atoms with Gasteiger partial charge in [-0.25, -0.2) is 4.79 Å². The number of benzene rings is 1. The van der Waals surface area contributed by atoms with Crippen LogP contribution in [0.1, 0.15) is 48.3 Å². The first-order valence-corrected chi connectivity index (χ1v) is 8.20. The average molecular weight is 295 g/mol. The van der Waals surface area contributed by atoms with E-state index in [2.05, 4.69) is 29.4 Å². The lowest BCUT2D eigenvalue weighted by Gasteiger charge is -2.23. The largest absolute Gasteiger partial charge is 0.447 e. The van der Waals surface area contributed by atoms with Gasteiger partial charge in [0.15, 0.2) is 0 Å². The molecular weight excluding hydrogens is 274 g/mol. The first-order chi connectivity index (χ1) is 10.7. The third-order valence-electron chi connectivity index (χ3n) is 5.62. The van der Waals surface area contributed by atoms with Crippen LogP contribution >= 0.6 is 0 Å². The Morgan fingerprint density at radius 2 is 2.23 bits per heavy atom. The van der Waals surface area contributed by atoms with Gasteiger partial charge in [-0.1, -0.05) is 18.2 Å². The maximum Gasteiger partial charge on any atom is 0.407 e. The molecule has 1 aromatic rings. The van der Waals surface area contributed by atoms with Crippen molar-refractivity contribution in [1.82, 2.24) is 5.32 Å². The molecule has 114 valence electrons. The zero-order valence-electron chi connectivity index (χ0n) is 12.7. The zero-order valence-corrected chi connectivity index (χ0v) is 12.7. The van der Waals surface area contributed by atoms with Crippen LogP contribution in [0.5, 0.6) is 0 Å². The van der Waals surface area contributed by atoms with Crippen molar-refractivity contribution in [2.45, 2.75) is 50.0 Å². The minimum absolute atomic E-state index is 0.119.